The Bertz CT molecular complexity index is 803. The van der Waals surface area contributed by atoms with Crippen LogP contribution in [-0.4, -0.2) is 41.1 Å². The van der Waals surface area contributed by atoms with Gasteiger partial charge in [0.05, 0.1) is 11.0 Å². The summed E-state index contributed by atoms with van der Waals surface area (Å²) in [5.41, 5.74) is 1.86. The van der Waals surface area contributed by atoms with Gasteiger partial charge < -0.3 is 14.5 Å². The number of rotatable bonds is 6. The van der Waals surface area contributed by atoms with Gasteiger partial charge in [0.25, 0.3) is 6.01 Å². The fraction of sp³-hybridized carbons (Fsp3) is 0.381. The van der Waals surface area contributed by atoms with Gasteiger partial charge in [0.15, 0.2) is 0 Å². The van der Waals surface area contributed by atoms with Crippen LogP contribution in [0.2, 0.25) is 0 Å². The van der Waals surface area contributed by atoms with E-state index in [0.717, 1.165) is 41.6 Å². The fourth-order valence-corrected chi connectivity index (χ4v) is 3.27. The summed E-state index contributed by atoms with van der Waals surface area (Å²) in [6.07, 6.45) is 2.60. The van der Waals surface area contributed by atoms with Crippen LogP contribution in [0.3, 0.4) is 0 Å². The number of aromatic nitrogens is 2. The van der Waals surface area contributed by atoms with Gasteiger partial charge >= 0.3 is 0 Å². The molecule has 0 unspecified atom stereocenters. The highest BCUT2D eigenvalue weighted by Gasteiger charge is 2.15. The number of H-pyrrole nitrogens is 1. The van der Waals surface area contributed by atoms with E-state index >= 15 is 0 Å². The van der Waals surface area contributed by atoms with Gasteiger partial charge in [0.1, 0.15) is 18.1 Å². The highest BCUT2D eigenvalue weighted by molar-refractivity contribution is 5.75. The van der Waals surface area contributed by atoms with E-state index in [-0.39, 0.29) is 0 Å². The summed E-state index contributed by atoms with van der Waals surface area (Å²) in [7, 11) is 0. The molecule has 0 spiro atoms. The Labute approximate surface area is 153 Å². The second kappa shape index (κ2) is 7.79. The topological polar surface area (TPSA) is 50.4 Å². The van der Waals surface area contributed by atoms with E-state index in [2.05, 4.69) is 21.8 Å². The van der Waals surface area contributed by atoms with Crippen LogP contribution >= 0.6 is 0 Å². The van der Waals surface area contributed by atoms with Crippen LogP contribution in [0.15, 0.2) is 48.5 Å². The number of hydrogen-bond acceptors (Lipinski definition) is 4. The van der Waals surface area contributed by atoms with Crippen molar-refractivity contribution in [3.8, 4) is 17.5 Å². The SMILES string of the molecule is CC1CCN(CCOc2ccc(Oc3nc4ccccc4[nH]3)cc2)CC1. The maximum Gasteiger partial charge on any atom is 0.300 e. The van der Waals surface area contributed by atoms with Gasteiger partial charge in [-0.2, -0.15) is 4.98 Å². The summed E-state index contributed by atoms with van der Waals surface area (Å²) in [6, 6.07) is 16.1. The largest absolute Gasteiger partial charge is 0.492 e. The molecule has 0 saturated carbocycles. The molecule has 5 heteroatoms. The number of imidazole rings is 1. The molecule has 0 radical (unpaired) electrons. The Kier molecular flexibility index (Phi) is 5.07. The van der Waals surface area contributed by atoms with E-state index in [1.165, 1.54) is 25.9 Å². The van der Waals surface area contributed by atoms with Crippen molar-refractivity contribution in [2.75, 3.05) is 26.2 Å². The molecule has 1 aromatic heterocycles. The number of piperidine rings is 1. The Hall–Kier alpha value is -2.53. The average molecular weight is 351 g/mol. The van der Waals surface area contributed by atoms with Gasteiger partial charge in [0.2, 0.25) is 0 Å². The Morgan fingerprint density at radius 2 is 1.77 bits per heavy atom. The van der Waals surface area contributed by atoms with Crippen molar-refractivity contribution in [1.29, 1.82) is 0 Å². The van der Waals surface area contributed by atoms with Crippen LogP contribution in [0.4, 0.5) is 0 Å². The van der Waals surface area contributed by atoms with Crippen molar-refractivity contribution in [1.82, 2.24) is 14.9 Å². The van der Waals surface area contributed by atoms with Crippen LogP contribution in [0, 0.1) is 5.92 Å². The highest BCUT2D eigenvalue weighted by atomic mass is 16.5. The number of fused-ring (bicyclic) bond motifs is 1. The molecule has 1 fully saturated rings. The molecule has 3 aromatic rings. The molecule has 1 aliphatic rings. The minimum absolute atomic E-state index is 0.499. The van der Waals surface area contributed by atoms with Gasteiger partial charge in [-0.1, -0.05) is 19.1 Å². The molecule has 0 bridgehead atoms. The van der Waals surface area contributed by atoms with E-state index in [1.807, 2.05) is 48.5 Å². The van der Waals surface area contributed by atoms with Crippen molar-refractivity contribution in [2.45, 2.75) is 19.8 Å². The smallest absolute Gasteiger partial charge is 0.300 e. The summed E-state index contributed by atoms with van der Waals surface area (Å²) < 4.78 is 11.7. The number of aromatic amines is 1. The molecule has 1 saturated heterocycles. The average Bonchev–Trinajstić information content (AvgIpc) is 3.07. The molecule has 2 aromatic carbocycles. The molecule has 5 nitrogen and oxygen atoms in total. The van der Waals surface area contributed by atoms with Crippen molar-refractivity contribution in [3.63, 3.8) is 0 Å². The third-order valence-electron chi connectivity index (χ3n) is 4.96. The molecule has 0 aliphatic carbocycles. The van der Waals surface area contributed by atoms with Gasteiger partial charge in [0, 0.05) is 6.54 Å². The van der Waals surface area contributed by atoms with E-state index in [1.54, 1.807) is 0 Å². The third kappa shape index (κ3) is 4.17. The molecular formula is C21H25N3O2. The lowest BCUT2D eigenvalue weighted by Crippen LogP contribution is -2.35. The lowest BCUT2D eigenvalue weighted by atomic mass is 9.99. The summed E-state index contributed by atoms with van der Waals surface area (Å²) in [5, 5.41) is 0. The highest BCUT2D eigenvalue weighted by Crippen LogP contribution is 2.24. The minimum atomic E-state index is 0.499. The van der Waals surface area contributed by atoms with Crippen molar-refractivity contribution < 1.29 is 9.47 Å². The van der Waals surface area contributed by atoms with Crippen molar-refractivity contribution >= 4 is 11.0 Å². The Balaban J connectivity index is 1.28. The quantitative estimate of drug-likeness (QED) is 0.712. The third-order valence-corrected chi connectivity index (χ3v) is 4.96. The number of nitrogens with one attached hydrogen (secondary N) is 1. The molecular weight excluding hydrogens is 326 g/mol. The monoisotopic (exact) mass is 351 g/mol. The van der Waals surface area contributed by atoms with Gasteiger partial charge in [-0.3, -0.25) is 4.90 Å². The van der Waals surface area contributed by atoms with E-state index in [4.69, 9.17) is 9.47 Å². The molecule has 1 aliphatic heterocycles. The molecule has 26 heavy (non-hydrogen) atoms. The lowest BCUT2D eigenvalue weighted by Gasteiger charge is -2.29. The van der Waals surface area contributed by atoms with Crippen LogP contribution in [-0.2, 0) is 0 Å². The predicted molar refractivity (Wildman–Crippen MR) is 103 cm³/mol. The number of likely N-dealkylation sites (tertiary alicyclic amines) is 1. The first kappa shape index (κ1) is 16.9. The number of para-hydroxylation sites is 2. The predicted octanol–water partition coefficient (Wildman–Crippen LogP) is 4.47. The lowest BCUT2D eigenvalue weighted by molar-refractivity contribution is 0.160. The number of ether oxygens (including phenoxy) is 2. The maximum absolute atomic E-state index is 5.87. The molecule has 1 N–H and O–H groups in total. The second-order valence-electron chi connectivity index (χ2n) is 7.01. The zero-order valence-corrected chi connectivity index (χ0v) is 15.1. The summed E-state index contributed by atoms with van der Waals surface area (Å²) in [6.45, 7) is 6.43. The molecule has 4 rings (SSSR count). The first-order chi connectivity index (χ1) is 12.8. The van der Waals surface area contributed by atoms with Crippen LogP contribution in [0.5, 0.6) is 17.5 Å². The fourth-order valence-electron chi connectivity index (χ4n) is 3.27. The molecule has 136 valence electrons. The van der Waals surface area contributed by atoms with Gasteiger partial charge in [-0.15, -0.1) is 0 Å². The van der Waals surface area contributed by atoms with E-state index in [0.29, 0.717) is 6.01 Å². The summed E-state index contributed by atoms with van der Waals surface area (Å²) in [5.74, 6) is 2.47. The minimum Gasteiger partial charge on any atom is -0.492 e. The number of hydrogen-bond donors (Lipinski definition) is 1. The van der Waals surface area contributed by atoms with Crippen LogP contribution in [0.1, 0.15) is 19.8 Å². The standard InChI is InChI=1S/C21H25N3O2/c1-16-10-12-24(13-11-16)14-15-25-17-6-8-18(9-7-17)26-21-22-19-4-2-3-5-20(19)23-21/h2-9,16H,10-15H2,1H3,(H,22,23). The first-order valence-electron chi connectivity index (χ1n) is 9.34. The molecule has 2 heterocycles. The second-order valence-corrected chi connectivity index (χ2v) is 7.01. The maximum atomic E-state index is 5.87. The van der Waals surface area contributed by atoms with Crippen LogP contribution in [0.25, 0.3) is 11.0 Å². The molecule has 0 amide bonds. The number of nitrogens with zero attached hydrogens (tertiary/aromatic N) is 2. The van der Waals surface area contributed by atoms with E-state index < -0.39 is 0 Å². The van der Waals surface area contributed by atoms with Gasteiger partial charge in [-0.05, 0) is 68.2 Å². The summed E-state index contributed by atoms with van der Waals surface area (Å²) in [4.78, 5) is 10.1. The van der Waals surface area contributed by atoms with E-state index in [9.17, 15) is 0 Å². The van der Waals surface area contributed by atoms with Crippen molar-refractivity contribution in [3.05, 3.63) is 48.5 Å². The van der Waals surface area contributed by atoms with Crippen molar-refractivity contribution in [2.24, 2.45) is 5.92 Å². The first-order valence-corrected chi connectivity index (χ1v) is 9.34. The normalized spacial score (nSPS) is 16.0. The van der Waals surface area contributed by atoms with Gasteiger partial charge in [-0.25, -0.2) is 0 Å². The Morgan fingerprint density at radius 1 is 1.04 bits per heavy atom. The zero-order chi connectivity index (χ0) is 17.8. The summed E-state index contributed by atoms with van der Waals surface area (Å²) >= 11 is 0. The zero-order valence-electron chi connectivity index (χ0n) is 15.1. The molecule has 0 atom stereocenters. The van der Waals surface area contributed by atoms with Crippen LogP contribution < -0.4 is 9.47 Å². The number of benzene rings is 2. The Morgan fingerprint density at radius 3 is 2.54 bits per heavy atom.